The molecule has 2 aromatic carbocycles. The number of fused-ring (bicyclic) bond motifs is 5. The third kappa shape index (κ3) is 1.09. The van der Waals surface area contributed by atoms with Crippen molar-refractivity contribution in [2.45, 2.75) is 6.42 Å². The van der Waals surface area contributed by atoms with Crippen LogP contribution in [0, 0.1) is 0 Å². The van der Waals surface area contributed by atoms with E-state index in [1.165, 1.54) is 33.2 Å². The van der Waals surface area contributed by atoms with Crippen molar-refractivity contribution in [2.75, 3.05) is 0 Å². The highest BCUT2D eigenvalue weighted by Crippen LogP contribution is 2.40. The molecule has 0 amide bonds. The van der Waals surface area contributed by atoms with Gasteiger partial charge in [-0.05, 0) is 33.7 Å². The van der Waals surface area contributed by atoms with Crippen LogP contribution in [0.15, 0.2) is 48.7 Å². The van der Waals surface area contributed by atoms with E-state index in [1.54, 1.807) is 0 Å². The molecule has 0 spiro atoms. The number of aryl methyl sites for hydroxylation is 1. The smallest absolute Gasteiger partial charge is 0.0519 e. The van der Waals surface area contributed by atoms with E-state index in [0.29, 0.717) is 0 Å². The van der Waals surface area contributed by atoms with Gasteiger partial charge in [-0.25, -0.2) is 0 Å². The van der Waals surface area contributed by atoms with E-state index in [9.17, 15) is 0 Å². The molecule has 0 saturated heterocycles. The van der Waals surface area contributed by atoms with E-state index < -0.39 is 0 Å². The summed E-state index contributed by atoms with van der Waals surface area (Å²) in [5.41, 5.74) is 7.14. The molecule has 0 unspecified atom stereocenters. The summed E-state index contributed by atoms with van der Waals surface area (Å²) < 4.78 is 2.24. The van der Waals surface area contributed by atoms with Gasteiger partial charge in [0, 0.05) is 19.7 Å². The second-order valence-corrected chi connectivity index (χ2v) is 4.79. The van der Waals surface area contributed by atoms with Crippen LogP contribution in [-0.2, 0) is 13.5 Å². The largest absolute Gasteiger partial charge is 0.350 e. The summed E-state index contributed by atoms with van der Waals surface area (Å²) in [5, 5.41) is 1.35. The summed E-state index contributed by atoms with van der Waals surface area (Å²) >= 11 is 0. The van der Waals surface area contributed by atoms with E-state index in [-0.39, 0.29) is 0 Å². The Bertz CT molecular complexity index is 734. The van der Waals surface area contributed by atoms with Gasteiger partial charge in [0.15, 0.2) is 0 Å². The Labute approximate surface area is 100 Å². The summed E-state index contributed by atoms with van der Waals surface area (Å²) in [7, 11) is 2.13. The number of hydrogen-bond acceptors (Lipinski definition) is 0. The lowest BCUT2D eigenvalue weighted by atomic mass is 10.0. The molecular weight excluding hydrogens is 206 g/mol. The molecule has 0 aliphatic heterocycles. The second-order valence-electron chi connectivity index (χ2n) is 4.79. The first-order chi connectivity index (χ1) is 8.34. The molecule has 0 saturated carbocycles. The molecule has 1 aliphatic carbocycles. The summed E-state index contributed by atoms with van der Waals surface area (Å²) in [5.74, 6) is 0. The zero-order valence-corrected chi connectivity index (χ0v) is 9.77. The standard InChI is InChI=1S/C16H13N/c1-17-9-8-11-6-7-14-13-5-3-2-4-12(13)10-15(14)16(11)17/h2-9H,10H2,1H3. The molecule has 4 rings (SSSR count). The van der Waals surface area contributed by atoms with E-state index in [0.717, 1.165) is 6.42 Å². The van der Waals surface area contributed by atoms with E-state index in [2.05, 4.69) is 60.3 Å². The van der Waals surface area contributed by atoms with Crippen molar-refractivity contribution in [3.63, 3.8) is 0 Å². The maximum Gasteiger partial charge on any atom is 0.0519 e. The molecule has 0 radical (unpaired) electrons. The molecule has 0 bridgehead atoms. The molecule has 1 aromatic heterocycles. The first kappa shape index (κ1) is 9.06. The third-order valence-electron chi connectivity index (χ3n) is 3.82. The van der Waals surface area contributed by atoms with Crippen LogP contribution in [0.25, 0.3) is 22.0 Å². The highest BCUT2D eigenvalue weighted by molar-refractivity contribution is 5.93. The maximum absolute atomic E-state index is 2.27. The van der Waals surface area contributed by atoms with Crippen LogP contribution in [0.2, 0.25) is 0 Å². The number of nitrogens with zero attached hydrogens (tertiary/aromatic N) is 1. The normalized spacial score (nSPS) is 12.8. The number of rotatable bonds is 0. The summed E-state index contributed by atoms with van der Waals surface area (Å²) in [6.07, 6.45) is 3.22. The highest BCUT2D eigenvalue weighted by atomic mass is 14.9. The van der Waals surface area contributed by atoms with Crippen LogP contribution in [-0.4, -0.2) is 4.57 Å². The van der Waals surface area contributed by atoms with E-state index in [4.69, 9.17) is 0 Å². The fourth-order valence-corrected chi connectivity index (χ4v) is 3.03. The topological polar surface area (TPSA) is 4.93 Å². The Morgan fingerprint density at radius 3 is 2.76 bits per heavy atom. The van der Waals surface area contributed by atoms with Crippen LogP contribution in [0.3, 0.4) is 0 Å². The summed E-state index contributed by atoms with van der Waals surface area (Å²) in [6.45, 7) is 0. The average molecular weight is 219 g/mol. The maximum atomic E-state index is 2.27. The molecule has 0 atom stereocenters. The lowest BCUT2D eigenvalue weighted by molar-refractivity contribution is 0.961. The second kappa shape index (κ2) is 3.01. The van der Waals surface area contributed by atoms with Gasteiger partial charge in [-0.2, -0.15) is 0 Å². The van der Waals surface area contributed by atoms with Gasteiger partial charge in [-0.1, -0.05) is 36.4 Å². The lowest BCUT2D eigenvalue weighted by Gasteiger charge is -2.04. The predicted octanol–water partition coefficient (Wildman–Crippen LogP) is 3.75. The Kier molecular flexibility index (Phi) is 1.60. The summed E-state index contributed by atoms with van der Waals surface area (Å²) in [6, 6.07) is 15.4. The first-order valence-electron chi connectivity index (χ1n) is 6.00. The van der Waals surface area contributed by atoms with Crippen LogP contribution >= 0.6 is 0 Å². The van der Waals surface area contributed by atoms with E-state index in [1.807, 2.05) is 0 Å². The fourth-order valence-electron chi connectivity index (χ4n) is 3.03. The molecule has 3 aromatic rings. The number of aromatic nitrogens is 1. The lowest BCUT2D eigenvalue weighted by Crippen LogP contribution is -1.90. The van der Waals surface area contributed by atoms with Crippen molar-refractivity contribution in [2.24, 2.45) is 7.05 Å². The van der Waals surface area contributed by atoms with Crippen molar-refractivity contribution in [1.82, 2.24) is 4.57 Å². The van der Waals surface area contributed by atoms with Crippen molar-refractivity contribution >= 4 is 10.9 Å². The third-order valence-corrected chi connectivity index (χ3v) is 3.82. The van der Waals surface area contributed by atoms with Gasteiger partial charge in [0.1, 0.15) is 0 Å². The minimum absolute atomic E-state index is 1.07. The van der Waals surface area contributed by atoms with Crippen LogP contribution < -0.4 is 0 Å². The molecule has 82 valence electrons. The van der Waals surface area contributed by atoms with Gasteiger partial charge in [0.2, 0.25) is 0 Å². The molecule has 1 nitrogen and oxygen atoms in total. The average Bonchev–Trinajstić information content (AvgIpc) is 2.90. The van der Waals surface area contributed by atoms with Gasteiger partial charge in [-0.3, -0.25) is 0 Å². The molecule has 1 heteroatoms. The highest BCUT2D eigenvalue weighted by Gasteiger charge is 2.20. The molecular formula is C16H13N. The zero-order chi connectivity index (χ0) is 11.4. The number of hydrogen-bond donors (Lipinski definition) is 0. The number of benzene rings is 2. The molecule has 17 heavy (non-hydrogen) atoms. The molecule has 1 aliphatic rings. The predicted molar refractivity (Wildman–Crippen MR) is 71.2 cm³/mol. The minimum Gasteiger partial charge on any atom is -0.350 e. The molecule has 0 fully saturated rings. The van der Waals surface area contributed by atoms with Gasteiger partial charge < -0.3 is 4.57 Å². The Morgan fingerprint density at radius 1 is 0.941 bits per heavy atom. The SMILES string of the molecule is Cn1ccc2ccc3c(c21)Cc1ccccc1-3. The van der Waals surface area contributed by atoms with Gasteiger partial charge in [-0.15, -0.1) is 0 Å². The van der Waals surface area contributed by atoms with Crippen molar-refractivity contribution in [3.05, 3.63) is 59.8 Å². The van der Waals surface area contributed by atoms with Crippen molar-refractivity contribution < 1.29 is 0 Å². The van der Waals surface area contributed by atoms with Crippen LogP contribution in [0.4, 0.5) is 0 Å². The monoisotopic (exact) mass is 219 g/mol. The van der Waals surface area contributed by atoms with Crippen molar-refractivity contribution in [1.29, 1.82) is 0 Å². The van der Waals surface area contributed by atoms with Crippen molar-refractivity contribution in [3.8, 4) is 11.1 Å². The van der Waals surface area contributed by atoms with Gasteiger partial charge >= 0.3 is 0 Å². The zero-order valence-electron chi connectivity index (χ0n) is 9.77. The van der Waals surface area contributed by atoms with E-state index >= 15 is 0 Å². The Morgan fingerprint density at radius 2 is 1.82 bits per heavy atom. The van der Waals surface area contributed by atoms with Crippen LogP contribution in [0.1, 0.15) is 11.1 Å². The first-order valence-corrected chi connectivity index (χ1v) is 6.00. The minimum atomic E-state index is 1.07. The quantitative estimate of drug-likeness (QED) is 0.424. The van der Waals surface area contributed by atoms with Gasteiger partial charge in [0.25, 0.3) is 0 Å². The molecule has 1 heterocycles. The fraction of sp³-hybridized carbons (Fsp3) is 0.125. The van der Waals surface area contributed by atoms with Gasteiger partial charge in [0.05, 0.1) is 5.52 Å². The Balaban J connectivity index is 2.13. The summed E-state index contributed by atoms with van der Waals surface area (Å²) in [4.78, 5) is 0. The molecule has 0 N–H and O–H groups in total. The van der Waals surface area contributed by atoms with Crippen LogP contribution in [0.5, 0.6) is 0 Å². The Hall–Kier alpha value is -2.02.